The average Bonchev–Trinajstić information content (AvgIpc) is 2.82. The van der Waals surface area contributed by atoms with Gasteiger partial charge in [-0.15, -0.1) is 0 Å². The number of hydrogen-bond acceptors (Lipinski definition) is 4. The van der Waals surface area contributed by atoms with Gasteiger partial charge in [0.2, 0.25) is 0 Å². The van der Waals surface area contributed by atoms with E-state index in [2.05, 4.69) is 10.3 Å². The molecule has 0 aliphatic heterocycles. The van der Waals surface area contributed by atoms with E-state index >= 15 is 0 Å². The normalized spacial score (nSPS) is 10.2. The van der Waals surface area contributed by atoms with E-state index < -0.39 is 0 Å². The van der Waals surface area contributed by atoms with Gasteiger partial charge in [0.05, 0.1) is 30.7 Å². The van der Waals surface area contributed by atoms with E-state index in [0.717, 1.165) is 11.4 Å². The number of esters is 1. The van der Waals surface area contributed by atoms with E-state index in [4.69, 9.17) is 4.74 Å². The van der Waals surface area contributed by atoms with Gasteiger partial charge in [-0.1, -0.05) is 6.07 Å². The molecule has 0 aliphatic rings. The summed E-state index contributed by atoms with van der Waals surface area (Å²) in [5, 5.41) is 3.26. The van der Waals surface area contributed by atoms with E-state index in [1.807, 2.05) is 29.9 Å². The van der Waals surface area contributed by atoms with Crippen LogP contribution in [0.3, 0.4) is 0 Å². The van der Waals surface area contributed by atoms with Gasteiger partial charge in [0.15, 0.2) is 0 Å². The predicted molar refractivity (Wildman–Crippen MR) is 72.9 cm³/mol. The first kappa shape index (κ1) is 13.1. The van der Waals surface area contributed by atoms with Crippen LogP contribution < -0.4 is 5.32 Å². The highest BCUT2D eigenvalue weighted by molar-refractivity contribution is 5.90. The lowest BCUT2D eigenvalue weighted by molar-refractivity contribution is 0.0526. The fourth-order valence-corrected chi connectivity index (χ4v) is 1.72. The number of aryl methyl sites for hydroxylation is 1. The van der Waals surface area contributed by atoms with E-state index in [-0.39, 0.29) is 5.97 Å². The lowest BCUT2D eigenvalue weighted by Crippen LogP contribution is -2.07. The maximum Gasteiger partial charge on any atom is 0.338 e. The molecule has 0 unspecified atom stereocenters. The molecule has 5 nitrogen and oxygen atoms in total. The molecule has 0 saturated carbocycles. The third-order valence-corrected chi connectivity index (χ3v) is 2.76. The Bertz CT molecular complexity index is 563. The Hall–Kier alpha value is -2.30. The molecular weight excluding hydrogens is 242 g/mol. The zero-order valence-electron chi connectivity index (χ0n) is 11.1. The van der Waals surface area contributed by atoms with Crippen LogP contribution in [0.4, 0.5) is 5.69 Å². The molecule has 5 heteroatoms. The summed E-state index contributed by atoms with van der Waals surface area (Å²) in [7, 11) is 1.94. The first-order valence-corrected chi connectivity index (χ1v) is 6.17. The zero-order chi connectivity index (χ0) is 13.7. The van der Waals surface area contributed by atoms with Gasteiger partial charge in [0, 0.05) is 18.9 Å². The molecule has 2 aromatic rings. The van der Waals surface area contributed by atoms with Gasteiger partial charge in [-0.2, -0.15) is 0 Å². The van der Waals surface area contributed by atoms with Crippen LogP contribution in [0.5, 0.6) is 0 Å². The van der Waals surface area contributed by atoms with Crippen LogP contribution in [0.1, 0.15) is 23.0 Å². The monoisotopic (exact) mass is 259 g/mol. The smallest absolute Gasteiger partial charge is 0.338 e. The van der Waals surface area contributed by atoms with Crippen molar-refractivity contribution in [2.75, 3.05) is 11.9 Å². The van der Waals surface area contributed by atoms with E-state index in [1.54, 1.807) is 25.4 Å². The third-order valence-electron chi connectivity index (χ3n) is 2.76. The summed E-state index contributed by atoms with van der Waals surface area (Å²) in [6.07, 6.45) is 3.56. The van der Waals surface area contributed by atoms with Gasteiger partial charge in [-0.25, -0.2) is 9.78 Å². The van der Waals surface area contributed by atoms with Crippen molar-refractivity contribution in [3.05, 3.63) is 48.0 Å². The van der Waals surface area contributed by atoms with Gasteiger partial charge in [-0.3, -0.25) is 0 Å². The average molecular weight is 259 g/mol. The van der Waals surface area contributed by atoms with Crippen LogP contribution in [-0.4, -0.2) is 22.1 Å². The Morgan fingerprint density at radius 1 is 1.47 bits per heavy atom. The molecule has 100 valence electrons. The second-order valence-electron chi connectivity index (χ2n) is 4.15. The molecule has 0 fully saturated rings. The van der Waals surface area contributed by atoms with Gasteiger partial charge < -0.3 is 14.6 Å². The summed E-state index contributed by atoms with van der Waals surface area (Å²) in [4.78, 5) is 15.7. The maximum atomic E-state index is 11.6. The number of nitrogens with one attached hydrogen (secondary N) is 1. The lowest BCUT2D eigenvalue weighted by Gasteiger charge is -2.08. The Morgan fingerprint density at radius 3 is 3.00 bits per heavy atom. The quantitative estimate of drug-likeness (QED) is 0.836. The van der Waals surface area contributed by atoms with Crippen LogP contribution in [-0.2, 0) is 18.3 Å². The van der Waals surface area contributed by atoms with E-state index in [0.29, 0.717) is 18.7 Å². The van der Waals surface area contributed by atoms with Crippen LogP contribution in [0.15, 0.2) is 36.8 Å². The van der Waals surface area contributed by atoms with Gasteiger partial charge in [-0.05, 0) is 25.1 Å². The van der Waals surface area contributed by atoms with Crippen LogP contribution in [0.25, 0.3) is 0 Å². The summed E-state index contributed by atoms with van der Waals surface area (Å²) in [6.45, 7) is 2.83. The second-order valence-corrected chi connectivity index (χ2v) is 4.15. The predicted octanol–water partition coefficient (Wildman–Crippen LogP) is 2.21. The summed E-state index contributed by atoms with van der Waals surface area (Å²) < 4.78 is 6.92. The number of carbonyl (C=O) groups excluding carboxylic acids is 1. The highest BCUT2D eigenvalue weighted by atomic mass is 16.5. The molecule has 1 heterocycles. The molecule has 0 amide bonds. The van der Waals surface area contributed by atoms with E-state index in [1.165, 1.54) is 0 Å². The Balaban J connectivity index is 2.03. The number of benzene rings is 1. The standard InChI is InChI=1S/C14H17N3O2/c1-3-19-14(18)11-5-4-6-12(7-11)16-9-13-8-15-10-17(13)2/h4-8,10,16H,3,9H2,1-2H3. The minimum absolute atomic E-state index is 0.299. The maximum absolute atomic E-state index is 11.6. The summed E-state index contributed by atoms with van der Waals surface area (Å²) in [6, 6.07) is 7.28. The molecule has 0 atom stereocenters. The fourth-order valence-electron chi connectivity index (χ4n) is 1.72. The molecule has 1 N–H and O–H groups in total. The summed E-state index contributed by atoms with van der Waals surface area (Å²) in [5.74, 6) is -0.299. The Morgan fingerprint density at radius 2 is 2.32 bits per heavy atom. The van der Waals surface area contributed by atoms with Crippen molar-refractivity contribution >= 4 is 11.7 Å². The molecule has 0 saturated heterocycles. The number of rotatable bonds is 5. The number of nitrogens with zero attached hydrogens (tertiary/aromatic N) is 2. The van der Waals surface area contributed by atoms with Crippen molar-refractivity contribution < 1.29 is 9.53 Å². The van der Waals surface area contributed by atoms with Crippen molar-refractivity contribution in [2.24, 2.45) is 7.05 Å². The SMILES string of the molecule is CCOC(=O)c1cccc(NCc2cncn2C)c1. The number of carbonyl (C=O) groups is 1. The lowest BCUT2D eigenvalue weighted by atomic mass is 10.2. The molecule has 1 aromatic carbocycles. The molecule has 1 aromatic heterocycles. The Kier molecular flexibility index (Phi) is 4.18. The van der Waals surface area contributed by atoms with Crippen molar-refractivity contribution in [1.29, 1.82) is 0 Å². The molecule has 19 heavy (non-hydrogen) atoms. The summed E-state index contributed by atoms with van der Waals surface area (Å²) in [5.41, 5.74) is 2.50. The third kappa shape index (κ3) is 3.34. The minimum Gasteiger partial charge on any atom is -0.462 e. The number of anilines is 1. The molecule has 0 spiro atoms. The zero-order valence-corrected chi connectivity index (χ0v) is 11.1. The number of hydrogen-bond donors (Lipinski definition) is 1. The molecule has 0 bridgehead atoms. The highest BCUT2D eigenvalue weighted by Gasteiger charge is 2.06. The minimum atomic E-state index is -0.299. The van der Waals surface area contributed by atoms with E-state index in [9.17, 15) is 4.79 Å². The van der Waals surface area contributed by atoms with Crippen molar-refractivity contribution in [2.45, 2.75) is 13.5 Å². The largest absolute Gasteiger partial charge is 0.462 e. The van der Waals surface area contributed by atoms with Crippen molar-refractivity contribution in [3.8, 4) is 0 Å². The van der Waals surface area contributed by atoms with Crippen molar-refractivity contribution in [1.82, 2.24) is 9.55 Å². The number of imidazole rings is 1. The van der Waals surface area contributed by atoms with Crippen LogP contribution in [0, 0.1) is 0 Å². The van der Waals surface area contributed by atoms with Crippen LogP contribution >= 0.6 is 0 Å². The molecule has 2 rings (SSSR count). The number of aromatic nitrogens is 2. The molecule has 0 aliphatic carbocycles. The first-order valence-electron chi connectivity index (χ1n) is 6.17. The Labute approximate surface area is 112 Å². The van der Waals surface area contributed by atoms with Gasteiger partial charge in [0.1, 0.15) is 0 Å². The fraction of sp³-hybridized carbons (Fsp3) is 0.286. The molecular formula is C14H17N3O2. The second kappa shape index (κ2) is 6.04. The number of ether oxygens (including phenoxy) is 1. The molecule has 0 radical (unpaired) electrons. The van der Waals surface area contributed by atoms with Crippen LogP contribution in [0.2, 0.25) is 0 Å². The first-order chi connectivity index (χ1) is 9.20. The summed E-state index contributed by atoms with van der Waals surface area (Å²) >= 11 is 0. The van der Waals surface area contributed by atoms with Gasteiger partial charge in [0.25, 0.3) is 0 Å². The topological polar surface area (TPSA) is 56.1 Å². The van der Waals surface area contributed by atoms with Gasteiger partial charge >= 0.3 is 5.97 Å². The van der Waals surface area contributed by atoms with Crippen molar-refractivity contribution in [3.63, 3.8) is 0 Å². The highest BCUT2D eigenvalue weighted by Crippen LogP contribution is 2.13.